The number of fused-ring (bicyclic) bond motifs is 12. The summed E-state index contributed by atoms with van der Waals surface area (Å²) < 4.78 is 2.13. The summed E-state index contributed by atoms with van der Waals surface area (Å²) in [7, 11) is 0. The highest BCUT2D eigenvalue weighted by atomic mass is 79.9. The molecule has 0 aliphatic carbocycles. The Labute approximate surface area is 386 Å². The van der Waals surface area contributed by atoms with E-state index in [2.05, 4.69) is 234 Å². The summed E-state index contributed by atoms with van der Waals surface area (Å²) in [6.45, 7) is 0. The first-order valence-electron chi connectivity index (χ1n) is 20.9. The van der Waals surface area contributed by atoms with Crippen LogP contribution in [0.2, 0.25) is 0 Å². The molecule has 0 N–H and O–H groups in total. The van der Waals surface area contributed by atoms with Gasteiger partial charge in [-0.2, -0.15) is 0 Å². The average molecular weight is 953 g/mol. The molecule has 0 spiro atoms. The van der Waals surface area contributed by atoms with E-state index in [1.165, 1.54) is 10.8 Å². The SMILES string of the molecule is Brc1ccc2c(c1)c1cc(Br)ccc1c1nccnc21.c1ccc(N(c2ccccc2)c2ccc3c(c2)c2cc(N(c4ccccc4)c4ccccc4)ccc2c2nccnc32)cc1. The van der Waals surface area contributed by atoms with Crippen LogP contribution >= 0.6 is 31.9 Å². The van der Waals surface area contributed by atoms with Crippen LogP contribution in [0.25, 0.3) is 65.2 Å². The molecule has 0 aliphatic heterocycles. The van der Waals surface area contributed by atoms with Gasteiger partial charge in [0, 0.05) is 89.4 Å². The Bertz CT molecular complexity index is 3330. The maximum atomic E-state index is 4.82. The largest absolute Gasteiger partial charge is 0.310 e. The van der Waals surface area contributed by atoms with Crippen LogP contribution in [-0.2, 0) is 0 Å². The molecule has 0 radical (unpaired) electrons. The lowest BCUT2D eigenvalue weighted by Crippen LogP contribution is -2.10. The van der Waals surface area contributed by atoms with Crippen molar-refractivity contribution in [2.75, 3.05) is 9.80 Å². The van der Waals surface area contributed by atoms with E-state index in [-0.39, 0.29) is 0 Å². The number of aromatic nitrogens is 4. The topological polar surface area (TPSA) is 58.0 Å². The van der Waals surface area contributed by atoms with Crippen molar-refractivity contribution in [3.63, 3.8) is 0 Å². The highest BCUT2D eigenvalue weighted by molar-refractivity contribution is 9.10. The van der Waals surface area contributed by atoms with Crippen molar-refractivity contribution < 1.29 is 0 Å². The minimum absolute atomic E-state index is 0.906. The van der Waals surface area contributed by atoms with Crippen molar-refractivity contribution in [2.24, 2.45) is 0 Å². The predicted octanol–water partition coefficient (Wildman–Crippen LogP) is 16.3. The summed E-state index contributed by atoms with van der Waals surface area (Å²) in [6.07, 6.45) is 7.05. The zero-order chi connectivity index (χ0) is 43.0. The first kappa shape index (κ1) is 39.3. The summed E-state index contributed by atoms with van der Waals surface area (Å²) in [5, 5.41) is 9.04. The summed E-state index contributed by atoms with van der Waals surface area (Å²) in [5.41, 5.74) is 10.3. The minimum atomic E-state index is 0.906. The van der Waals surface area contributed by atoms with E-state index >= 15 is 0 Å². The van der Waals surface area contributed by atoms with Crippen molar-refractivity contribution >= 4 is 131 Å². The lowest BCUT2D eigenvalue weighted by atomic mass is 9.97. The minimum Gasteiger partial charge on any atom is -0.310 e. The molecule has 6 nitrogen and oxygen atoms in total. The molecule has 0 atom stereocenters. The first-order chi connectivity index (χ1) is 31.6. The lowest BCUT2D eigenvalue weighted by Gasteiger charge is -2.27. The van der Waals surface area contributed by atoms with Crippen LogP contribution in [0.3, 0.4) is 0 Å². The number of anilines is 6. The van der Waals surface area contributed by atoms with Gasteiger partial charge in [0.25, 0.3) is 0 Å². The second kappa shape index (κ2) is 17.0. The molecular weight excluding hydrogens is 916 g/mol. The molecule has 0 amide bonds. The molecule has 10 aromatic carbocycles. The molecule has 304 valence electrons. The zero-order valence-corrected chi connectivity index (χ0v) is 37.4. The quantitative estimate of drug-likeness (QED) is 0.155. The van der Waals surface area contributed by atoms with Crippen LogP contribution in [-0.4, -0.2) is 19.9 Å². The van der Waals surface area contributed by atoms with E-state index in [0.29, 0.717) is 0 Å². The maximum absolute atomic E-state index is 4.82. The third kappa shape index (κ3) is 7.26. The summed E-state index contributed by atoms with van der Waals surface area (Å²) in [5.74, 6) is 0. The van der Waals surface area contributed by atoms with Crippen LogP contribution in [0, 0.1) is 0 Å². The Kier molecular flexibility index (Phi) is 10.4. The van der Waals surface area contributed by atoms with E-state index < -0.39 is 0 Å². The van der Waals surface area contributed by atoms with Crippen molar-refractivity contribution in [3.05, 3.63) is 228 Å². The molecule has 0 saturated heterocycles. The van der Waals surface area contributed by atoms with E-state index in [9.17, 15) is 0 Å². The van der Waals surface area contributed by atoms with Gasteiger partial charge in [0.1, 0.15) is 0 Å². The Morgan fingerprint density at radius 2 is 0.516 bits per heavy atom. The summed E-state index contributed by atoms with van der Waals surface area (Å²) in [4.78, 5) is 23.3. The molecule has 0 saturated carbocycles. The van der Waals surface area contributed by atoms with Crippen molar-refractivity contribution in [1.82, 2.24) is 19.9 Å². The highest BCUT2D eigenvalue weighted by Crippen LogP contribution is 2.43. The highest BCUT2D eigenvalue weighted by Gasteiger charge is 2.19. The molecule has 0 unspecified atom stereocenters. The first-order valence-corrected chi connectivity index (χ1v) is 22.5. The Hall–Kier alpha value is -7.52. The number of hydrogen-bond acceptors (Lipinski definition) is 6. The van der Waals surface area contributed by atoms with E-state index in [1.807, 2.05) is 12.1 Å². The fourth-order valence-electron chi connectivity index (χ4n) is 8.76. The lowest BCUT2D eigenvalue weighted by molar-refractivity contribution is 1.28. The number of nitrogens with zero attached hydrogens (tertiary/aromatic N) is 6. The van der Waals surface area contributed by atoms with Crippen LogP contribution < -0.4 is 9.80 Å². The molecule has 12 aromatic rings. The smallest absolute Gasteiger partial charge is 0.0971 e. The van der Waals surface area contributed by atoms with E-state index in [0.717, 1.165) is 97.5 Å². The second-order valence-corrected chi connectivity index (χ2v) is 17.2. The third-order valence-corrected chi connectivity index (χ3v) is 12.5. The van der Waals surface area contributed by atoms with Crippen LogP contribution in [0.1, 0.15) is 0 Å². The van der Waals surface area contributed by atoms with Gasteiger partial charge >= 0.3 is 0 Å². The van der Waals surface area contributed by atoms with Gasteiger partial charge in [0.2, 0.25) is 0 Å². The van der Waals surface area contributed by atoms with Gasteiger partial charge in [0.05, 0.1) is 22.1 Å². The zero-order valence-electron chi connectivity index (χ0n) is 34.2. The Balaban J connectivity index is 0.000000189. The summed E-state index contributed by atoms with van der Waals surface area (Å²) >= 11 is 7.11. The second-order valence-electron chi connectivity index (χ2n) is 15.4. The monoisotopic (exact) mass is 950 g/mol. The Morgan fingerprint density at radius 1 is 0.250 bits per heavy atom. The van der Waals surface area contributed by atoms with E-state index in [1.54, 1.807) is 24.8 Å². The van der Waals surface area contributed by atoms with Crippen molar-refractivity contribution in [2.45, 2.75) is 0 Å². The number of para-hydroxylation sites is 4. The molecule has 64 heavy (non-hydrogen) atoms. The standard InChI is InChI=1S/C40H28N4.C16H8Br2N2/c1-5-13-29(14-6-1)43(30-15-7-2-8-16-30)33-21-23-35-37(27-33)38-28-34(22-24-36(38)40-39(35)41-25-26-42-40)44(31-17-9-3-10-18-31)32-19-11-4-12-20-32;17-9-1-3-11-13(7-9)14-8-10(18)2-4-12(14)16-15(11)19-5-6-20-16/h1-28H;1-8H. The van der Waals surface area contributed by atoms with Gasteiger partial charge in [0.15, 0.2) is 0 Å². The van der Waals surface area contributed by atoms with Crippen molar-refractivity contribution in [3.8, 4) is 0 Å². The normalized spacial score (nSPS) is 11.3. The van der Waals surface area contributed by atoms with Gasteiger partial charge < -0.3 is 9.80 Å². The van der Waals surface area contributed by atoms with Crippen LogP contribution in [0.4, 0.5) is 34.1 Å². The average Bonchev–Trinajstić information content (AvgIpc) is 3.36. The molecule has 0 aliphatic rings. The van der Waals surface area contributed by atoms with Crippen molar-refractivity contribution in [1.29, 1.82) is 0 Å². The van der Waals surface area contributed by atoms with E-state index in [4.69, 9.17) is 9.97 Å². The number of hydrogen-bond donors (Lipinski definition) is 0. The van der Waals surface area contributed by atoms with Gasteiger partial charge in [-0.3, -0.25) is 19.9 Å². The molecule has 2 heterocycles. The molecule has 8 heteroatoms. The molecule has 12 rings (SSSR count). The van der Waals surface area contributed by atoms with Crippen LogP contribution in [0.5, 0.6) is 0 Å². The third-order valence-electron chi connectivity index (χ3n) is 11.5. The number of halogens is 2. The van der Waals surface area contributed by atoms with Gasteiger partial charge in [-0.1, -0.05) is 129 Å². The fourth-order valence-corrected chi connectivity index (χ4v) is 9.48. The number of rotatable bonds is 6. The number of benzene rings is 10. The predicted molar refractivity (Wildman–Crippen MR) is 274 cm³/mol. The fraction of sp³-hybridized carbons (Fsp3) is 0. The molecule has 2 aromatic heterocycles. The van der Waals surface area contributed by atoms with Crippen LogP contribution in [0.15, 0.2) is 228 Å². The summed E-state index contributed by atoms with van der Waals surface area (Å²) in [6, 6.07) is 68.0. The maximum Gasteiger partial charge on any atom is 0.0971 e. The Morgan fingerprint density at radius 3 is 0.812 bits per heavy atom. The van der Waals surface area contributed by atoms with Gasteiger partial charge in [-0.05, 0) is 119 Å². The molecule has 0 bridgehead atoms. The van der Waals surface area contributed by atoms with Gasteiger partial charge in [-0.15, -0.1) is 0 Å². The molecule has 0 fully saturated rings. The molecular formula is C56H36Br2N6. The van der Waals surface area contributed by atoms with Gasteiger partial charge in [-0.25, -0.2) is 0 Å².